The molecule has 2 rings (SSSR count). The zero-order valence-corrected chi connectivity index (χ0v) is 13.1. The van der Waals surface area contributed by atoms with Crippen LogP contribution < -0.4 is 5.73 Å². The molecule has 20 heavy (non-hydrogen) atoms. The zero-order chi connectivity index (χ0) is 14.5. The average Bonchev–Trinajstić information content (AvgIpc) is 2.44. The molecule has 3 atom stereocenters. The van der Waals surface area contributed by atoms with Crippen LogP contribution in [0.25, 0.3) is 0 Å². The number of hydrogen-bond donors (Lipinski definition) is 1. The van der Waals surface area contributed by atoms with Gasteiger partial charge in [0.25, 0.3) is 0 Å². The van der Waals surface area contributed by atoms with Gasteiger partial charge in [0, 0.05) is 0 Å². The van der Waals surface area contributed by atoms with E-state index >= 15 is 0 Å². The van der Waals surface area contributed by atoms with E-state index in [-0.39, 0.29) is 6.04 Å². The predicted octanol–water partition coefficient (Wildman–Crippen LogP) is 4.09. The molecular formula is C18H29NO. The highest BCUT2D eigenvalue weighted by atomic mass is 16.5. The molecule has 3 unspecified atom stereocenters. The van der Waals surface area contributed by atoms with Gasteiger partial charge in [0.05, 0.1) is 18.8 Å². The van der Waals surface area contributed by atoms with Crippen LogP contribution in [0.15, 0.2) is 24.3 Å². The molecule has 0 radical (unpaired) electrons. The number of ether oxygens (including phenoxy) is 1. The van der Waals surface area contributed by atoms with Crippen LogP contribution in [0.2, 0.25) is 0 Å². The molecule has 0 spiro atoms. The van der Waals surface area contributed by atoms with Gasteiger partial charge in [-0.2, -0.15) is 0 Å². The second-order valence-corrected chi connectivity index (χ2v) is 6.57. The lowest BCUT2D eigenvalue weighted by Crippen LogP contribution is -2.29. The van der Waals surface area contributed by atoms with E-state index in [4.69, 9.17) is 10.5 Å². The monoisotopic (exact) mass is 275 g/mol. The summed E-state index contributed by atoms with van der Waals surface area (Å²) in [7, 11) is 0. The molecule has 2 nitrogen and oxygen atoms in total. The van der Waals surface area contributed by atoms with Gasteiger partial charge in [0.15, 0.2) is 0 Å². The van der Waals surface area contributed by atoms with Gasteiger partial charge in [-0.05, 0) is 48.6 Å². The minimum atomic E-state index is -0.00607. The highest BCUT2D eigenvalue weighted by Gasteiger charge is 2.24. The predicted molar refractivity (Wildman–Crippen MR) is 84.7 cm³/mol. The van der Waals surface area contributed by atoms with E-state index < -0.39 is 0 Å². The Morgan fingerprint density at radius 2 is 1.70 bits per heavy atom. The third-order valence-corrected chi connectivity index (χ3v) is 4.46. The van der Waals surface area contributed by atoms with Crippen LogP contribution in [0.5, 0.6) is 0 Å². The van der Waals surface area contributed by atoms with E-state index in [1.54, 1.807) is 0 Å². The van der Waals surface area contributed by atoms with Crippen LogP contribution in [0.3, 0.4) is 0 Å². The van der Waals surface area contributed by atoms with Crippen molar-refractivity contribution in [1.82, 2.24) is 0 Å². The number of hydrogen-bond acceptors (Lipinski definition) is 2. The number of rotatable bonds is 5. The Labute approximate surface area is 123 Å². The Morgan fingerprint density at radius 3 is 2.25 bits per heavy atom. The molecule has 112 valence electrons. The summed E-state index contributed by atoms with van der Waals surface area (Å²) in [5.74, 6) is 1.56. The summed E-state index contributed by atoms with van der Waals surface area (Å²) in [6.45, 7) is 7.46. The summed E-state index contributed by atoms with van der Waals surface area (Å²) < 4.78 is 6.07. The molecule has 1 fully saturated rings. The fraction of sp³-hybridized carbons (Fsp3) is 0.667. The minimum Gasteiger partial charge on any atom is -0.376 e. The van der Waals surface area contributed by atoms with E-state index in [0.717, 1.165) is 18.3 Å². The lowest BCUT2D eigenvalue weighted by molar-refractivity contribution is -0.00527. The van der Waals surface area contributed by atoms with Crippen LogP contribution >= 0.6 is 0 Å². The van der Waals surface area contributed by atoms with Crippen molar-refractivity contribution in [2.24, 2.45) is 17.6 Å². The van der Waals surface area contributed by atoms with Gasteiger partial charge >= 0.3 is 0 Å². The summed E-state index contributed by atoms with van der Waals surface area (Å²) in [5, 5.41) is 0. The van der Waals surface area contributed by atoms with Crippen LogP contribution in [0.1, 0.15) is 57.2 Å². The van der Waals surface area contributed by atoms with Gasteiger partial charge in [-0.15, -0.1) is 0 Å². The molecule has 0 heterocycles. The Kier molecular flexibility index (Phi) is 5.62. The van der Waals surface area contributed by atoms with Gasteiger partial charge in [-0.25, -0.2) is 0 Å². The summed E-state index contributed by atoms with van der Waals surface area (Å²) >= 11 is 0. The van der Waals surface area contributed by atoms with Crippen LogP contribution in [-0.4, -0.2) is 12.7 Å². The molecule has 2 N–H and O–H groups in total. The smallest absolute Gasteiger partial charge is 0.0663 e. The molecule has 0 bridgehead atoms. The van der Waals surface area contributed by atoms with Crippen LogP contribution in [-0.2, 0) is 11.2 Å². The van der Waals surface area contributed by atoms with Crippen molar-refractivity contribution in [2.75, 3.05) is 6.61 Å². The molecular weight excluding hydrogens is 246 g/mol. The Bertz CT molecular complexity index is 390. The van der Waals surface area contributed by atoms with Crippen molar-refractivity contribution in [1.29, 1.82) is 0 Å². The summed E-state index contributed by atoms with van der Waals surface area (Å²) in [6.07, 6.45) is 5.18. The van der Waals surface area contributed by atoms with Gasteiger partial charge in [-0.1, -0.05) is 45.0 Å². The maximum atomic E-state index is 6.25. The van der Waals surface area contributed by atoms with Crippen molar-refractivity contribution in [3.63, 3.8) is 0 Å². The van der Waals surface area contributed by atoms with Gasteiger partial charge in [0.1, 0.15) is 0 Å². The number of aryl methyl sites for hydroxylation is 1. The summed E-state index contributed by atoms with van der Waals surface area (Å²) in [5.41, 5.74) is 8.79. The zero-order valence-electron chi connectivity index (χ0n) is 13.1. The molecule has 1 aromatic carbocycles. The molecule has 2 heteroatoms. The first-order valence-electron chi connectivity index (χ1n) is 8.04. The van der Waals surface area contributed by atoms with Crippen molar-refractivity contribution >= 4 is 0 Å². The highest BCUT2D eigenvalue weighted by molar-refractivity contribution is 5.24. The van der Waals surface area contributed by atoms with E-state index in [2.05, 4.69) is 45.0 Å². The average molecular weight is 275 g/mol. The first kappa shape index (κ1) is 15.5. The lowest BCUT2D eigenvalue weighted by atomic mass is 9.82. The molecule has 0 saturated heterocycles. The first-order valence-corrected chi connectivity index (χ1v) is 8.04. The SMILES string of the molecule is CCc1ccc(C(N)COC2CC(C)CC(C)C2)cc1. The quantitative estimate of drug-likeness (QED) is 0.878. The standard InChI is InChI=1S/C18H29NO/c1-4-15-5-7-16(8-6-15)18(19)12-20-17-10-13(2)9-14(3)11-17/h5-8,13-14,17-18H,4,9-12,19H2,1-3H3. The highest BCUT2D eigenvalue weighted by Crippen LogP contribution is 2.30. The van der Waals surface area contributed by atoms with Crippen LogP contribution in [0, 0.1) is 11.8 Å². The Hall–Kier alpha value is -0.860. The van der Waals surface area contributed by atoms with Gasteiger partial charge in [0.2, 0.25) is 0 Å². The number of benzene rings is 1. The van der Waals surface area contributed by atoms with Gasteiger partial charge in [-0.3, -0.25) is 0 Å². The fourth-order valence-corrected chi connectivity index (χ4v) is 3.35. The first-order chi connectivity index (χ1) is 9.58. The van der Waals surface area contributed by atoms with Crippen molar-refractivity contribution < 1.29 is 4.74 Å². The second-order valence-electron chi connectivity index (χ2n) is 6.57. The molecule has 0 amide bonds. The Morgan fingerprint density at radius 1 is 1.10 bits per heavy atom. The molecule has 0 aliphatic heterocycles. The largest absolute Gasteiger partial charge is 0.376 e. The number of nitrogens with two attached hydrogens (primary N) is 1. The molecule has 0 aromatic heterocycles. The van der Waals surface area contributed by atoms with E-state index in [0.29, 0.717) is 12.7 Å². The lowest BCUT2D eigenvalue weighted by Gasteiger charge is -2.32. The fourth-order valence-electron chi connectivity index (χ4n) is 3.35. The Balaban J connectivity index is 1.83. The van der Waals surface area contributed by atoms with Crippen molar-refractivity contribution in [2.45, 2.75) is 58.6 Å². The maximum absolute atomic E-state index is 6.25. The molecule has 1 saturated carbocycles. The third-order valence-electron chi connectivity index (χ3n) is 4.46. The van der Waals surface area contributed by atoms with E-state index in [1.165, 1.54) is 30.4 Å². The van der Waals surface area contributed by atoms with Crippen molar-refractivity contribution in [3.8, 4) is 0 Å². The minimum absolute atomic E-state index is 0.00607. The molecule has 1 aliphatic rings. The summed E-state index contributed by atoms with van der Waals surface area (Å²) in [4.78, 5) is 0. The topological polar surface area (TPSA) is 35.2 Å². The summed E-state index contributed by atoms with van der Waals surface area (Å²) in [6, 6.07) is 8.60. The van der Waals surface area contributed by atoms with Crippen LogP contribution in [0.4, 0.5) is 0 Å². The second kappa shape index (κ2) is 7.24. The third kappa shape index (κ3) is 4.32. The van der Waals surface area contributed by atoms with E-state index in [1.807, 2.05) is 0 Å². The van der Waals surface area contributed by atoms with Crippen molar-refractivity contribution in [3.05, 3.63) is 35.4 Å². The molecule has 1 aliphatic carbocycles. The maximum Gasteiger partial charge on any atom is 0.0663 e. The molecule has 1 aromatic rings. The van der Waals surface area contributed by atoms with E-state index in [9.17, 15) is 0 Å². The van der Waals surface area contributed by atoms with Gasteiger partial charge < -0.3 is 10.5 Å². The normalized spacial score (nSPS) is 28.3.